The van der Waals surface area contributed by atoms with Crippen LogP contribution in [0.3, 0.4) is 0 Å². The first-order chi connectivity index (χ1) is 19.1. The Morgan fingerprint density at radius 2 is 1.25 bits per heavy atom. The molecule has 0 saturated heterocycles. The zero-order chi connectivity index (χ0) is 29.7. The van der Waals surface area contributed by atoms with Gasteiger partial charge in [-0.15, -0.1) is 0 Å². The second-order valence-electron chi connectivity index (χ2n) is 7.32. The molecule has 0 amide bonds. The predicted molar refractivity (Wildman–Crippen MR) is 148 cm³/mol. The van der Waals surface area contributed by atoms with E-state index in [2.05, 4.69) is 44.9 Å². The smallest absolute Gasteiger partial charge is 0.178 e. The number of nitrogens with zero attached hydrogens (tertiary/aromatic N) is 11. The van der Waals surface area contributed by atoms with Crippen molar-refractivity contribution in [2.24, 2.45) is 4.99 Å². The number of hydrogen-bond donors (Lipinski definition) is 0. The van der Waals surface area contributed by atoms with E-state index in [4.69, 9.17) is 56.9 Å². The average Bonchev–Trinajstić information content (AvgIpc) is 3.38. The summed E-state index contributed by atoms with van der Waals surface area (Å²) < 4.78 is 0. The SMILES string of the molecule is Cc1cnc(C#N)c(Cl)n1.Cc1cnc(C=O)c(Cl)n1.Cc1cnc2c(n1)CN=C2.N#Cc1ncc(Cl)nc1Cl. The van der Waals surface area contributed by atoms with Gasteiger partial charge < -0.3 is 0 Å². The number of carbonyl (C=O) groups is 1. The van der Waals surface area contributed by atoms with Gasteiger partial charge in [-0.3, -0.25) is 19.8 Å². The largest absolute Gasteiger partial charge is 0.296 e. The molecule has 0 aromatic carbocycles. The summed E-state index contributed by atoms with van der Waals surface area (Å²) in [6.45, 7) is 6.16. The maximum atomic E-state index is 10.2. The highest BCUT2D eigenvalue weighted by atomic mass is 35.5. The van der Waals surface area contributed by atoms with Crippen molar-refractivity contribution in [1.29, 1.82) is 10.5 Å². The first kappa shape index (κ1) is 32.0. The monoisotopic (exact) mass is 615 g/mol. The molecule has 0 atom stereocenters. The lowest BCUT2D eigenvalue weighted by Crippen LogP contribution is -1.94. The minimum Gasteiger partial charge on any atom is -0.296 e. The summed E-state index contributed by atoms with van der Waals surface area (Å²) in [6, 6.07) is 3.58. The van der Waals surface area contributed by atoms with Gasteiger partial charge in [-0.25, -0.2) is 29.9 Å². The van der Waals surface area contributed by atoms with Crippen LogP contribution in [0.4, 0.5) is 0 Å². The van der Waals surface area contributed by atoms with Crippen LogP contribution in [0.25, 0.3) is 0 Å². The lowest BCUT2D eigenvalue weighted by molar-refractivity contribution is 0.111. The maximum absolute atomic E-state index is 10.2. The molecule has 202 valence electrons. The highest BCUT2D eigenvalue weighted by molar-refractivity contribution is 6.33. The van der Waals surface area contributed by atoms with Gasteiger partial charge in [0.1, 0.15) is 28.7 Å². The molecule has 4 aromatic rings. The van der Waals surface area contributed by atoms with Gasteiger partial charge in [-0.2, -0.15) is 10.5 Å². The number of nitriles is 2. The van der Waals surface area contributed by atoms with Crippen LogP contribution in [0.5, 0.6) is 0 Å². The Morgan fingerprint density at radius 1 is 0.725 bits per heavy atom. The van der Waals surface area contributed by atoms with Crippen LogP contribution < -0.4 is 0 Å². The summed E-state index contributed by atoms with van der Waals surface area (Å²) >= 11 is 21.9. The van der Waals surface area contributed by atoms with E-state index in [0.717, 1.165) is 17.1 Å². The molecule has 0 saturated carbocycles. The van der Waals surface area contributed by atoms with E-state index < -0.39 is 0 Å². The fourth-order valence-electron chi connectivity index (χ4n) is 2.46. The minimum atomic E-state index is 0.0370. The Bertz CT molecular complexity index is 1540. The first-order valence-corrected chi connectivity index (χ1v) is 12.3. The molecule has 1 aliphatic rings. The molecule has 40 heavy (non-hydrogen) atoms. The van der Waals surface area contributed by atoms with E-state index in [1.165, 1.54) is 18.6 Å². The van der Waals surface area contributed by atoms with E-state index in [1.807, 2.05) is 13.0 Å². The summed E-state index contributed by atoms with van der Waals surface area (Å²) in [6.07, 6.45) is 8.37. The van der Waals surface area contributed by atoms with Crippen LogP contribution in [0.1, 0.15) is 50.3 Å². The van der Waals surface area contributed by atoms with Crippen LogP contribution in [0.2, 0.25) is 20.6 Å². The summed E-state index contributed by atoms with van der Waals surface area (Å²) in [5.74, 6) is 0. The Balaban J connectivity index is 0.000000187. The fourth-order valence-corrected chi connectivity index (χ4v) is 3.27. The molecule has 5 rings (SSSR count). The highest BCUT2D eigenvalue weighted by Crippen LogP contribution is 2.12. The number of aromatic nitrogens is 8. The third kappa shape index (κ3) is 10.2. The molecule has 0 N–H and O–H groups in total. The molecular weight excluding hydrogens is 600 g/mol. The zero-order valence-electron chi connectivity index (χ0n) is 21.0. The molecule has 1 aliphatic heterocycles. The van der Waals surface area contributed by atoms with Crippen molar-refractivity contribution in [3.63, 3.8) is 0 Å². The second-order valence-corrected chi connectivity index (χ2v) is 8.79. The minimum absolute atomic E-state index is 0.0370. The number of halogens is 4. The van der Waals surface area contributed by atoms with Crippen molar-refractivity contribution in [2.75, 3.05) is 0 Å². The van der Waals surface area contributed by atoms with Crippen LogP contribution in [-0.4, -0.2) is 52.4 Å². The molecule has 0 fully saturated rings. The van der Waals surface area contributed by atoms with Crippen molar-refractivity contribution < 1.29 is 4.79 Å². The van der Waals surface area contributed by atoms with Gasteiger partial charge in [0.25, 0.3) is 0 Å². The standard InChI is InChI=1S/C7H7N3.C6H4ClN3.C6H5ClN2O.C5HCl2N3/c1-5-2-9-6-3-8-4-7(6)10-5;1-4-3-9-5(2-8)6(7)10-4;1-4-2-8-5(3-10)6(7)9-4;6-4-2-9-3(1-8)5(7)10-4/h2-3H,4H2,1H3;3H,1H3;2-3H,1H3;2H. The number of rotatable bonds is 1. The van der Waals surface area contributed by atoms with Crippen molar-refractivity contribution in [2.45, 2.75) is 27.3 Å². The number of aliphatic imine (C=N–C) groups is 1. The molecule has 5 heterocycles. The topological polar surface area (TPSA) is 180 Å². The average molecular weight is 617 g/mol. The fraction of sp³-hybridized carbons (Fsp3) is 0.167. The molecular formula is C24H17Cl4N11O. The van der Waals surface area contributed by atoms with E-state index >= 15 is 0 Å². The Labute approximate surface area is 248 Å². The highest BCUT2D eigenvalue weighted by Gasteiger charge is 2.07. The molecule has 0 radical (unpaired) electrons. The number of carbonyl (C=O) groups excluding carboxylic acids is 1. The summed E-state index contributed by atoms with van der Waals surface area (Å²) in [4.78, 5) is 44.9. The van der Waals surface area contributed by atoms with E-state index in [-0.39, 0.29) is 37.7 Å². The van der Waals surface area contributed by atoms with Crippen LogP contribution in [-0.2, 0) is 6.54 Å². The Kier molecular flexibility index (Phi) is 12.8. The van der Waals surface area contributed by atoms with Gasteiger partial charge in [0, 0.05) is 24.8 Å². The summed E-state index contributed by atoms with van der Waals surface area (Å²) in [7, 11) is 0. The van der Waals surface area contributed by atoms with Crippen LogP contribution in [0, 0.1) is 43.4 Å². The maximum Gasteiger partial charge on any atom is 0.178 e. The number of fused-ring (bicyclic) bond motifs is 1. The van der Waals surface area contributed by atoms with Gasteiger partial charge >= 0.3 is 0 Å². The quantitative estimate of drug-likeness (QED) is 0.264. The number of aryl methyl sites for hydroxylation is 3. The lowest BCUT2D eigenvalue weighted by Gasteiger charge is -1.94. The number of aldehydes is 1. The van der Waals surface area contributed by atoms with Gasteiger partial charge in [0.2, 0.25) is 0 Å². The third-order valence-electron chi connectivity index (χ3n) is 4.20. The van der Waals surface area contributed by atoms with Gasteiger partial charge in [0.15, 0.2) is 33.1 Å². The molecule has 4 aromatic heterocycles. The van der Waals surface area contributed by atoms with Crippen LogP contribution >= 0.6 is 46.4 Å². The van der Waals surface area contributed by atoms with Crippen molar-refractivity contribution >= 4 is 58.9 Å². The van der Waals surface area contributed by atoms with E-state index in [9.17, 15) is 4.79 Å². The molecule has 16 heteroatoms. The van der Waals surface area contributed by atoms with Crippen LogP contribution in [0.15, 0.2) is 29.8 Å². The van der Waals surface area contributed by atoms with Gasteiger partial charge in [0.05, 0.1) is 35.5 Å². The zero-order valence-corrected chi connectivity index (χ0v) is 24.0. The molecule has 0 spiro atoms. The van der Waals surface area contributed by atoms with Crippen molar-refractivity contribution in [3.8, 4) is 12.1 Å². The van der Waals surface area contributed by atoms with Gasteiger partial charge in [-0.05, 0) is 20.8 Å². The Hall–Kier alpha value is -4.20. The molecule has 0 unspecified atom stereocenters. The lowest BCUT2D eigenvalue weighted by atomic mass is 10.3. The number of hydrogen-bond acceptors (Lipinski definition) is 12. The predicted octanol–water partition coefficient (Wildman–Crippen LogP) is 4.93. The normalized spacial score (nSPS) is 10.2. The summed E-state index contributed by atoms with van der Waals surface area (Å²) in [5, 5.41) is 17.3. The summed E-state index contributed by atoms with van der Waals surface area (Å²) in [5.41, 5.74) is 4.75. The van der Waals surface area contributed by atoms with E-state index in [0.29, 0.717) is 24.2 Å². The van der Waals surface area contributed by atoms with E-state index in [1.54, 1.807) is 32.3 Å². The van der Waals surface area contributed by atoms with Gasteiger partial charge in [-0.1, -0.05) is 46.4 Å². The second kappa shape index (κ2) is 16.0. The third-order valence-corrected chi connectivity index (χ3v) is 5.19. The molecule has 0 aliphatic carbocycles. The van der Waals surface area contributed by atoms with Crippen molar-refractivity contribution in [3.05, 3.63) is 91.0 Å². The molecule has 0 bridgehead atoms. The Morgan fingerprint density at radius 3 is 1.80 bits per heavy atom. The van der Waals surface area contributed by atoms with Crippen molar-refractivity contribution in [1.82, 2.24) is 39.9 Å². The first-order valence-electron chi connectivity index (χ1n) is 10.8. The molecule has 12 nitrogen and oxygen atoms in total.